The van der Waals surface area contributed by atoms with Crippen molar-refractivity contribution in [3.63, 3.8) is 0 Å². The van der Waals surface area contributed by atoms with Crippen molar-refractivity contribution < 1.29 is 4.74 Å². The fourth-order valence-electron chi connectivity index (χ4n) is 3.07. The molecule has 1 aliphatic heterocycles. The summed E-state index contributed by atoms with van der Waals surface area (Å²) in [5.74, 6) is 0. The van der Waals surface area contributed by atoms with Crippen LogP contribution in [-0.4, -0.2) is 37.2 Å². The Bertz CT molecular complexity index is 208. The molecule has 0 spiro atoms. The minimum Gasteiger partial charge on any atom is -0.376 e. The summed E-state index contributed by atoms with van der Waals surface area (Å²) in [4.78, 5) is 2.63. The zero-order chi connectivity index (χ0) is 14.5. The van der Waals surface area contributed by atoms with Crippen LogP contribution in [0.15, 0.2) is 0 Å². The van der Waals surface area contributed by atoms with E-state index >= 15 is 0 Å². The summed E-state index contributed by atoms with van der Waals surface area (Å²) in [6.07, 6.45) is 15.7. The third-order valence-electron chi connectivity index (χ3n) is 4.43. The molecule has 0 bridgehead atoms. The molecule has 0 aromatic rings. The van der Waals surface area contributed by atoms with Crippen LogP contribution in [0.2, 0.25) is 0 Å². The molecule has 0 N–H and O–H groups in total. The number of hydrogen-bond acceptors (Lipinski definition) is 2. The van der Waals surface area contributed by atoms with Crippen LogP contribution in [-0.2, 0) is 4.74 Å². The lowest BCUT2D eigenvalue weighted by atomic mass is 10.1. The normalized spacial score (nSPS) is 20.4. The number of unbranched alkanes of at least 4 members (excludes halogenated alkanes) is 8. The van der Waals surface area contributed by atoms with E-state index in [1.54, 1.807) is 0 Å². The van der Waals surface area contributed by atoms with E-state index in [1.165, 1.54) is 83.7 Å². The molecule has 1 saturated heterocycles. The van der Waals surface area contributed by atoms with Gasteiger partial charge in [-0.3, -0.25) is 4.90 Å². The molecular weight excluding hydrogens is 246 g/mol. The first kappa shape index (κ1) is 18.0. The summed E-state index contributed by atoms with van der Waals surface area (Å²) >= 11 is 0. The Labute approximate surface area is 127 Å². The Morgan fingerprint density at radius 2 is 1.50 bits per heavy atom. The van der Waals surface area contributed by atoms with Gasteiger partial charge in [0.1, 0.15) is 0 Å². The van der Waals surface area contributed by atoms with E-state index < -0.39 is 0 Å². The molecule has 0 aromatic carbocycles. The van der Waals surface area contributed by atoms with E-state index in [0.717, 1.165) is 13.2 Å². The van der Waals surface area contributed by atoms with Gasteiger partial charge in [0.15, 0.2) is 0 Å². The molecule has 0 saturated carbocycles. The fraction of sp³-hybridized carbons (Fsp3) is 1.00. The molecule has 2 nitrogen and oxygen atoms in total. The van der Waals surface area contributed by atoms with E-state index in [1.807, 2.05) is 0 Å². The topological polar surface area (TPSA) is 12.5 Å². The molecule has 1 rings (SSSR count). The Morgan fingerprint density at radius 1 is 0.850 bits per heavy atom. The van der Waals surface area contributed by atoms with Crippen LogP contribution in [0.4, 0.5) is 0 Å². The molecule has 120 valence electrons. The van der Waals surface area contributed by atoms with Crippen LogP contribution in [0, 0.1) is 0 Å². The maximum atomic E-state index is 5.91. The average molecular weight is 284 g/mol. The van der Waals surface area contributed by atoms with Crippen molar-refractivity contribution in [2.24, 2.45) is 0 Å². The molecule has 1 aliphatic rings. The van der Waals surface area contributed by atoms with Crippen LogP contribution in [0.3, 0.4) is 0 Å². The summed E-state index contributed by atoms with van der Waals surface area (Å²) in [5, 5.41) is 0. The maximum Gasteiger partial charge on any atom is 0.0702 e. The minimum absolute atomic E-state index is 0.515. The number of rotatable bonds is 12. The highest BCUT2D eigenvalue weighted by Gasteiger charge is 2.19. The third-order valence-corrected chi connectivity index (χ3v) is 4.43. The van der Waals surface area contributed by atoms with Crippen molar-refractivity contribution in [3.05, 3.63) is 0 Å². The summed E-state index contributed by atoms with van der Waals surface area (Å²) in [6.45, 7) is 9.14. The molecule has 1 fully saturated rings. The quantitative estimate of drug-likeness (QED) is 0.466. The van der Waals surface area contributed by atoms with Gasteiger partial charge in [-0.1, -0.05) is 71.6 Å². The largest absolute Gasteiger partial charge is 0.376 e. The van der Waals surface area contributed by atoms with Gasteiger partial charge in [-0.05, 0) is 19.4 Å². The molecule has 0 aromatic heterocycles. The lowest BCUT2D eigenvalue weighted by Crippen LogP contribution is -2.42. The van der Waals surface area contributed by atoms with E-state index in [0.29, 0.717) is 6.10 Å². The fourth-order valence-corrected chi connectivity index (χ4v) is 3.07. The van der Waals surface area contributed by atoms with Gasteiger partial charge in [0.2, 0.25) is 0 Å². The van der Waals surface area contributed by atoms with Crippen molar-refractivity contribution in [2.45, 2.75) is 90.6 Å². The first-order chi connectivity index (χ1) is 9.86. The van der Waals surface area contributed by atoms with Gasteiger partial charge in [0, 0.05) is 13.1 Å². The number of morpholine rings is 1. The van der Waals surface area contributed by atoms with E-state index in [2.05, 4.69) is 18.7 Å². The Balaban J connectivity index is 1.99. The molecule has 1 heterocycles. The monoisotopic (exact) mass is 283 g/mol. The van der Waals surface area contributed by atoms with Gasteiger partial charge in [-0.15, -0.1) is 0 Å². The highest BCUT2D eigenvalue weighted by atomic mass is 16.5. The van der Waals surface area contributed by atoms with Gasteiger partial charge < -0.3 is 4.74 Å². The second-order valence-electron chi connectivity index (χ2n) is 6.41. The Morgan fingerprint density at radius 3 is 2.25 bits per heavy atom. The van der Waals surface area contributed by atoms with Crippen LogP contribution < -0.4 is 0 Å². The smallest absolute Gasteiger partial charge is 0.0702 e. The van der Waals surface area contributed by atoms with Crippen LogP contribution in [0.5, 0.6) is 0 Å². The third kappa shape index (κ3) is 8.97. The first-order valence-corrected chi connectivity index (χ1v) is 9.20. The lowest BCUT2D eigenvalue weighted by Gasteiger charge is -2.33. The minimum atomic E-state index is 0.515. The second-order valence-corrected chi connectivity index (χ2v) is 6.41. The highest BCUT2D eigenvalue weighted by Crippen LogP contribution is 2.14. The number of ether oxygens (including phenoxy) is 1. The van der Waals surface area contributed by atoms with E-state index in [9.17, 15) is 0 Å². The van der Waals surface area contributed by atoms with Crippen molar-refractivity contribution >= 4 is 0 Å². The summed E-state index contributed by atoms with van der Waals surface area (Å²) < 4.78 is 5.91. The van der Waals surface area contributed by atoms with E-state index in [4.69, 9.17) is 4.74 Å². The zero-order valence-corrected chi connectivity index (χ0v) is 14.0. The average Bonchev–Trinajstić information content (AvgIpc) is 2.48. The second kappa shape index (κ2) is 12.6. The molecule has 1 unspecified atom stereocenters. The van der Waals surface area contributed by atoms with Crippen LogP contribution >= 0.6 is 0 Å². The zero-order valence-electron chi connectivity index (χ0n) is 14.0. The predicted molar refractivity (Wildman–Crippen MR) is 88.3 cm³/mol. The maximum absolute atomic E-state index is 5.91. The standard InChI is InChI=1S/C18H37NO/c1-3-5-7-9-10-12-14-19-15-16-20-18(17-19)13-11-8-6-4-2/h18H,3-17H2,1-2H3. The number of hydrogen-bond donors (Lipinski definition) is 0. The van der Waals surface area contributed by atoms with Gasteiger partial charge in [-0.2, -0.15) is 0 Å². The molecule has 20 heavy (non-hydrogen) atoms. The van der Waals surface area contributed by atoms with E-state index in [-0.39, 0.29) is 0 Å². The summed E-state index contributed by atoms with van der Waals surface area (Å²) in [6, 6.07) is 0. The Hall–Kier alpha value is -0.0800. The SMILES string of the molecule is CCCCCCCCN1CCOC(CCCCCC)C1. The molecule has 0 aliphatic carbocycles. The van der Waals surface area contributed by atoms with Crippen molar-refractivity contribution in [2.75, 3.05) is 26.2 Å². The van der Waals surface area contributed by atoms with Gasteiger partial charge >= 0.3 is 0 Å². The van der Waals surface area contributed by atoms with Crippen molar-refractivity contribution in [3.8, 4) is 0 Å². The lowest BCUT2D eigenvalue weighted by molar-refractivity contribution is -0.0333. The van der Waals surface area contributed by atoms with Crippen LogP contribution in [0.1, 0.15) is 84.5 Å². The summed E-state index contributed by atoms with van der Waals surface area (Å²) in [7, 11) is 0. The number of nitrogens with zero attached hydrogens (tertiary/aromatic N) is 1. The van der Waals surface area contributed by atoms with Crippen LogP contribution in [0.25, 0.3) is 0 Å². The molecule has 0 radical (unpaired) electrons. The molecular formula is C18H37NO. The predicted octanol–water partition coefficient (Wildman–Crippen LogP) is 5.02. The van der Waals surface area contributed by atoms with Gasteiger partial charge in [-0.25, -0.2) is 0 Å². The molecule has 0 amide bonds. The van der Waals surface area contributed by atoms with Crippen molar-refractivity contribution in [1.29, 1.82) is 0 Å². The van der Waals surface area contributed by atoms with Gasteiger partial charge in [0.05, 0.1) is 12.7 Å². The van der Waals surface area contributed by atoms with Gasteiger partial charge in [0.25, 0.3) is 0 Å². The van der Waals surface area contributed by atoms with Crippen molar-refractivity contribution in [1.82, 2.24) is 4.90 Å². The summed E-state index contributed by atoms with van der Waals surface area (Å²) in [5.41, 5.74) is 0. The Kier molecular flexibility index (Phi) is 11.4. The molecule has 1 atom stereocenters. The highest BCUT2D eigenvalue weighted by molar-refractivity contribution is 4.71. The molecule has 2 heteroatoms. The first-order valence-electron chi connectivity index (χ1n) is 9.20.